The molecule has 2 heterocycles. The minimum atomic E-state index is -0.376. The molecule has 100 valence electrons. The summed E-state index contributed by atoms with van der Waals surface area (Å²) in [5, 5.41) is 3.26. The van der Waals surface area contributed by atoms with Crippen molar-refractivity contribution >= 4 is 24.3 Å². The molecule has 0 aromatic carbocycles. The van der Waals surface area contributed by atoms with Crippen molar-refractivity contribution in [2.24, 2.45) is 0 Å². The summed E-state index contributed by atoms with van der Waals surface area (Å²) < 4.78 is 4.87. The first-order chi connectivity index (χ1) is 8.31. The van der Waals surface area contributed by atoms with Crippen molar-refractivity contribution in [1.82, 2.24) is 15.3 Å². The number of halogens is 1. The van der Waals surface area contributed by atoms with Gasteiger partial charge < -0.3 is 15.0 Å². The maximum atomic E-state index is 11.4. The van der Waals surface area contributed by atoms with Gasteiger partial charge in [-0.2, -0.15) is 0 Å². The van der Waals surface area contributed by atoms with E-state index in [1.807, 2.05) is 0 Å². The summed E-state index contributed by atoms with van der Waals surface area (Å²) in [6, 6.07) is 0. The van der Waals surface area contributed by atoms with Crippen molar-refractivity contribution in [3.8, 4) is 0 Å². The Morgan fingerprint density at radius 1 is 1.39 bits per heavy atom. The fraction of sp³-hybridized carbons (Fsp3) is 0.545. The number of nitrogens with zero attached hydrogens (tertiary/aromatic N) is 3. The van der Waals surface area contributed by atoms with Gasteiger partial charge in [-0.1, -0.05) is 0 Å². The smallest absolute Gasteiger partial charge is 0.341 e. The van der Waals surface area contributed by atoms with Crippen LogP contribution in [0.4, 0.5) is 5.95 Å². The molecule has 0 saturated carbocycles. The summed E-state index contributed by atoms with van der Waals surface area (Å²) in [7, 11) is 0. The molecule has 1 aliphatic heterocycles. The Hall–Kier alpha value is -1.40. The van der Waals surface area contributed by atoms with Crippen molar-refractivity contribution < 1.29 is 9.53 Å². The van der Waals surface area contributed by atoms with Crippen LogP contribution in [-0.4, -0.2) is 48.7 Å². The highest BCUT2D eigenvalue weighted by Gasteiger charge is 2.14. The third-order valence-corrected chi connectivity index (χ3v) is 2.55. The number of aromatic nitrogens is 2. The molecular weight excluding hydrogens is 256 g/mol. The minimum absolute atomic E-state index is 0. The molecule has 0 bridgehead atoms. The van der Waals surface area contributed by atoms with Gasteiger partial charge in [-0.3, -0.25) is 0 Å². The van der Waals surface area contributed by atoms with Gasteiger partial charge in [0.1, 0.15) is 0 Å². The Balaban J connectivity index is 0.00000162. The summed E-state index contributed by atoms with van der Waals surface area (Å²) in [4.78, 5) is 21.9. The quantitative estimate of drug-likeness (QED) is 0.808. The molecule has 18 heavy (non-hydrogen) atoms. The largest absolute Gasteiger partial charge is 0.462 e. The van der Waals surface area contributed by atoms with E-state index in [1.165, 1.54) is 12.4 Å². The van der Waals surface area contributed by atoms with E-state index in [4.69, 9.17) is 4.74 Å². The number of hydrogen-bond acceptors (Lipinski definition) is 6. The van der Waals surface area contributed by atoms with Gasteiger partial charge in [0.05, 0.1) is 12.2 Å². The van der Waals surface area contributed by atoms with Gasteiger partial charge in [-0.25, -0.2) is 14.8 Å². The van der Waals surface area contributed by atoms with Gasteiger partial charge in [-0.15, -0.1) is 12.4 Å². The summed E-state index contributed by atoms with van der Waals surface area (Å²) in [5.74, 6) is 0.291. The average molecular weight is 273 g/mol. The fourth-order valence-electron chi connectivity index (χ4n) is 1.67. The lowest BCUT2D eigenvalue weighted by atomic mass is 10.3. The third-order valence-electron chi connectivity index (χ3n) is 2.55. The zero-order valence-electron chi connectivity index (χ0n) is 10.3. The molecule has 1 aromatic rings. The first-order valence-electron chi connectivity index (χ1n) is 5.76. The Kier molecular flexibility index (Phi) is 5.80. The number of carbonyl (C=O) groups is 1. The van der Waals surface area contributed by atoms with E-state index < -0.39 is 0 Å². The highest BCUT2D eigenvalue weighted by atomic mass is 35.5. The summed E-state index contributed by atoms with van der Waals surface area (Å²) in [6.07, 6.45) is 3.03. The zero-order chi connectivity index (χ0) is 12.1. The molecule has 0 radical (unpaired) electrons. The lowest BCUT2D eigenvalue weighted by Crippen LogP contribution is -2.44. The number of piperazine rings is 1. The van der Waals surface area contributed by atoms with Crippen LogP contribution in [0.1, 0.15) is 17.3 Å². The van der Waals surface area contributed by atoms with Crippen LogP contribution >= 0.6 is 12.4 Å². The lowest BCUT2D eigenvalue weighted by molar-refractivity contribution is 0.0525. The summed E-state index contributed by atoms with van der Waals surface area (Å²) in [5.41, 5.74) is 0.394. The van der Waals surface area contributed by atoms with E-state index in [0.717, 1.165) is 26.2 Å². The average Bonchev–Trinajstić information content (AvgIpc) is 2.40. The first kappa shape index (κ1) is 14.7. The van der Waals surface area contributed by atoms with E-state index in [9.17, 15) is 4.79 Å². The van der Waals surface area contributed by atoms with Gasteiger partial charge in [0, 0.05) is 38.6 Å². The number of ether oxygens (including phenoxy) is 1. The van der Waals surface area contributed by atoms with Gasteiger partial charge in [-0.05, 0) is 6.92 Å². The molecule has 6 nitrogen and oxygen atoms in total. The maximum Gasteiger partial charge on any atom is 0.341 e. The maximum absolute atomic E-state index is 11.4. The Labute approximate surface area is 112 Å². The van der Waals surface area contributed by atoms with E-state index in [1.54, 1.807) is 6.92 Å². The Morgan fingerprint density at radius 3 is 2.56 bits per heavy atom. The number of esters is 1. The lowest BCUT2D eigenvalue weighted by Gasteiger charge is -2.27. The predicted molar refractivity (Wildman–Crippen MR) is 70.3 cm³/mol. The molecule has 0 amide bonds. The van der Waals surface area contributed by atoms with E-state index in [0.29, 0.717) is 18.1 Å². The van der Waals surface area contributed by atoms with Crippen molar-refractivity contribution in [3.05, 3.63) is 18.0 Å². The monoisotopic (exact) mass is 272 g/mol. The zero-order valence-corrected chi connectivity index (χ0v) is 11.1. The normalized spacial score (nSPS) is 14.8. The molecule has 7 heteroatoms. The van der Waals surface area contributed by atoms with Crippen molar-refractivity contribution in [2.45, 2.75) is 6.92 Å². The van der Waals surface area contributed by atoms with Crippen LogP contribution in [0, 0.1) is 0 Å². The van der Waals surface area contributed by atoms with Crippen LogP contribution in [0.3, 0.4) is 0 Å². The van der Waals surface area contributed by atoms with Crippen LogP contribution in [0.15, 0.2) is 12.4 Å². The molecule has 1 aliphatic rings. The van der Waals surface area contributed by atoms with Crippen LogP contribution in [0.2, 0.25) is 0 Å². The van der Waals surface area contributed by atoms with Gasteiger partial charge >= 0.3 is 5.97 Å². The van der Waals surface area contributed by atoms with Crippen molar-refractivity contribution in [1.29, 1.82) is 0 Å². The van der Waals surface area contributed by atoms with E-state index in [2.05, 4.69) is 20.2 Å². The number of anilines is 1. The topological polar surface area (TPSA) is 67.3 Å². The molecule has 0 atom stereocenters. The van der Waals surface area contributed by atoms with Crippen LogP contribution in [0.5, 0.6) is 0 Å². The van der Waals surface area contributed by atoms with Crippen molar-refractivity contribution in [2.75, 3.05) is 37.7 Å². The molecular formula is C11H17ClN4O2. The fourth-order valence-corrected chi connectivity index (χ4v) is 1.67. The predicted octanol–water partition coefficient (Wildman–Crippen LogP) is 0.485. The standard InChI is InChI=1S/C11H16N4O2.ClH/c1-2-17-10(16)9-7-13-11(14-8-9)15-5-3-12-4-6-15;/h7-8,12H,2-6H2,1H3;1H. The highest BCUT2D eigenvalue weighted by Crippen LogP contribution is 2.08. The number of hydrogen-bond donors (Lipinski definition) is 1. The summed E-state index contributed by atoms with van der Waals surface area (Å²) >= 11 is 0. The molecule has 1 N–H and O–H groups in total. The van der Waals surface area contributed by atoms with E-state index >= 15 is 0 Å². The van der Waals surface area contributed by atoms with Crippen LogP contribution < -0.4 is 10.2 Å². The highest BCUT2D eigenvalue weighted by molar-refractivity contribution is 5.88. The van der Waals surface area contributed by atoms with Gasteiger partial charge in [0.2, 0.25) is 5.95 Å². The van der Waals surface area contributed by atoms with Crippen LogP contribution in [0.25, 0.3) is 0 Å². The van der Waals surface area contributed by atoms with E-state index in [-0.39, 0.29) is 18.4 Å². The minimum Gasteiger partial charge on any atom is -0.462 e. The molecule has 2 rings (SSSR count). The van der Waals surface area contributed by atoms with Crippen LogP contribution in [-0.2, 0) is 4.74 Å². The third kappa shape index (κ3) is 3.54. The molecule has 1 saturated heterocycles. The van der Waals surface area contributed by atoms with Gasteiger partial charge in [0.15, 0.2) is 0 Å². The number of nitrogens with one attached hydrogen (secondary N) is 1. The Morgan fingerprint density at radius 2 is 2.00 bits per heavy atom. The van der Waals surface area contributed by atoms with Crippen molar-refractivity contribution in [3.63, 3.8) is 0 Å². The second-order valence-electron chi connectivity index (χ2n) is 3.73. The molecule has 1 aromatic heterocycles. The first-order valence-corrected chi connectivity index (χ1v) is 5.76. The number of carbonyl (C=O) groups excluding carboxylic acids is 1. The second kappa shape index (κ2) is 7.13. The second-order valence-corrected chi connectivity index (χ2v) is 3.73. The number of rotatable bonds is 3. The van der Waals surface area contributed by atoms with Gasteiger partial charge in [0.25, 0.3) is 0 Å². The molecule has 0 spiro atoms. The SMILES string of the molecule is CCOC(=O)c1cnc(N2CCNCC2)nc1.Cl. The molecule has 0 aliphatic carbocycles. The molecule has 0 unspecified atom stereocenters. The summed E-state index contributed by atoms with van der Waals surface area (Å²) in [6.45, 7) is 5.77. The molecule has 1 fully saturated rings. The Bertz CT molecular complexity index is 379.